The lowest BCUT2D eigenvalue weighted by Gasteiger charge is -2.19. The van der Waals surface area contributed by atoms with Gasteiger partial charge in [0.25, 0.3) is 17.7 Å². The molecule has 0 aromatic heterocycles. The monoisotopic (exact) mass is 306 g/mol. The minimum Gasteiger partial charge on any atom is -0.272 e. The van der Waals surface area contributed by atoms with Gasteiger partial charge in [0.1, 0.15) is 0 Å². The summed E-state index contributed by atoms with van der Waals surface area (Å²) < 4.78 is 0. The SMILES string of the molecule is O=C(NN1C(=O)[C@H]2CCCC[C@@H]2C1=O)c1ccc(Cl)cc1. The average molecular weight is 307 g/mol. The lowest BCUT2D eigenvalue weighted by atomic mass is 9.81. The second kappa shape index (κ2) is 5.48. The van der Waals surface area contributed by atoms with Gasteiger partial charge in [-0.3, -0.25) is 19.8 Å². The molecule has 2 aliphatic rings. The molecule has 2 fully saturated rings. The molecule has 0 spiro atoms. The molecule has 1 N–H and O–H groups in total. The number of fused-ring (bicyclic) bond motifs is 1. The quantitative estimate of drug-likeness (QED) is 0.852. The van der Waals surface area contributed by atoms with Crippen molar-refractivity contribution in [3.63, 3.8) is 0 Å². The van der Waals surface area contributed by atoms with Crippen molar-refractivity contribution in [3.8, 4) is 0 Å². The van der Waals surface area contributed by atoms with Crippen LogP contribution < -0.4 is 5.43 Å². The van der Waals surface area contributed by atoms with Crippen LogP contribution in [0.2, 0.25) is 5.02 Å². The van der Waals surface area contributed by atoms with E-state index in [4.69, 9.17) is 11.6 Å². The maximum atomic E-state index is 12.2. The van der Waals surface area contributed by atoms with Crippen LogP contribution in [0.4, 0.5) is 0 Å². The molecule has 1 saturated carbocycles. The number of hydrogen-bond acceptors (Lipinski definition) is 3. The van der Waals surface area contributed by atoms with Gasteiger partial charge in [0.05, 0.1) is 11.8 Å². The zero-order valence-corrected chi connectivity index (χ0v) is 12.1. The summed E-state index contributed by atoms with van der Waals surface area (Å²) in [4.78, 5) is 36.6. The van der Waals surface area contributed by atoms with E-state index >= 15 is 0 Å². The molecule has 3 amide bonds. The lowest BCUT2D eigenvalue weighted by Crippen LogP contribution is -2.46. The number of rotatable bonds is 2. The van der Waals surface area contributed by atoms with E-state index in [1.807, 2.05) is 0 Å². The third kappa shape index (κ3) is 2.53. The van der Waals surface area contributed by atoms with E-state index in [0.29, 0.717) is 10.6 Å². The first-order chi connectivity index (χ1) is 10.1. The van der Waals surface area contributed by atoms with E-state index in [1.165, 1.54) is 0 Å². The highest BCUT2D eigenvalue weighted by molar-refractivity contribution is 6.30. The second-order valence-electron chi connectivity index (χ2n) is 5.46. The molecule has 21 heavy (non-hydrogen) atoms. The average Bonchev–Trinajstić information content (AvgIpc) is 2.73. The molecule has 6 heteroatoms. The van der Waals surface area contributed by atoms with Gasteiger partial charge in [-0.25, -0.2) is 0 Å². The van der Waals surface area contributed by atoms with Gasteiger partial charge in [-0.2, -0.15) is 5.01 Å². The first-order valence-corrected chi connectivity index (χ1v) is 7.40. The van der Waals surface area contributed by atoms with Crippen molar-refractivity contribution < 1.29 is 14.4 Å². The van der Waals surface area contributed by atoms with Crippen molar-refractivity contribution in [1.82, 2.24) is 10.4 Å². The number of halogens is 1. The first-order valence-electron chi connectivity index (χ1n) is 7.02. The van der Waals surface area contributed by atoms with E-state index in [9.17, 15) is 14.4 Å². The summed E-state index contributed by atoms with van der Waals surface area (Å²) in [6.07, 6.45) is 3.36. The van der Waals surface area contributed by atoms with Crippen LogP contribution in [0.1, 0.15) is 36.0 Å². The summed E-state index contributed by atoms with van der Waals surface area (Å²) >= 11 is 5.77. The molecule has 110 valence electrons. The summed E-state index contributed by atoms with van der Waals surface area (Å²) in [7, 11) is 0. The molecule has 2 atom stereocenters. The molecule has 1 heterocycles. The molecule has 0 unspecified atom stereocenters. The van der Waals surface area contributed by atoms with E-state index in [1.54, 1.807) is 24.3 Å². The Hall–Kier alpha value is -1.88. The number of nitrogens with zero attached hydrogens (tertiary/aromatic N) is 1. The summed E-state index contributed by atoms with van der Waals surface area (Å²) in [5, 5.41) is 1.42. The Bertz CT molecular complexity index is 575. The topological polar surface area (TPSA) is 66.5 Å². The predicted molar refractivity (Wildman–Crippen MR) is 76.2 cm³/mol. The fourth-order valence-corrected chi connectivity index (χ4v) is 3.17. The number of carbonyl (C=O) groups excluding carboxylic acids is 3. The highest BCUT2D eigenvalue weighted by Gasteiger charge is 2.49. The maximum absolute atomic E-state index is 12.2. The minimum absolute atomic E-state index is 0.267. The number of hydrazine groups is 1. The standard InChI is InChI=1S/C15H15ClN2O3/c16-10-7-5-9(6-8-10)13(19)17-18-14(20)11-3-1-2-4-12(11)15(18)21/h5-8,11-12H,1-4H2,(H,17,19)/t11-,12-/m0/s1. The second-order valence-corrected chi connectivity index (χ2v) is 5.89. The van der Waals surface area contributed by atoms with Crippen LogP contribution in [-0.4, -0.2) is 22.7 Å². The molecule has 1 aromatic rings. The van der Waals surface area contributed by atoms with Crippen molar-refractivity contribution in [2.24, 2.45) is 11.8 Å². The van der Waals surface area contributed by atoms with Crippen molar-refractivity contribution in [2.45, 2.75) is 25.7 Å². The smallest absolute Gasteiger partial charge is 0.270 e. The molecule has 1 aliphatic carbocycles. The van der Waals surface area contributed by atoms with Gasteiger partial charge >= 0.3 is 0 Å². The van der Waals surface area contributed by atoms with Crippen LogP contribution >= 0.6 is 11.6 Å². The van der Waals surface area contributed by atoms with E-state index in [0.717, 1.165) is 30.7 Å². The molecule has 0 radical (unpaired) electrons. The van der Waals surface area contributed by atoms with Crippen LogP contribution in [0.5, 0.6) is 0 Å². The van der Waals surface area contributed by atoms with Crippen molar-refractivity contribution in [3.05, 3.63) is 34.9 Å². The normalized spacial score (nSPS) is 24.9. The Morgan fingerprint density at radius 2 is 1.57 bits per heavy atom. The molecule has 3 rings (SSSR count). The zero-order chi connectivity index (χ0) is 15.0. The van der Waals surface area contributed by atoms with Gasteiger partial charge < -0.3 is 0 Å². The Kier molecular flexibility index (Phi) is 3.68. The Balaban J connectivity index is 1.75. The van der Waals surface area contributed by atoms with Crippen LogP contribution in [0.3, 0.4) is 0 Å². The summed E-state index contributed by atoms with van der Waals surface area (Å²) in [5.41, 5.74) is 2.78. The Morgan fingerprint density at radius 1 is 1.05 bits per heavy atom. The van der Waals surface area contributed by atoms with Gasteiger partial charge in [-0.15, -0.1) is 0 Å². The van der Waals surface area contributed by atoms with Gasteiger partial charge in [0, 0.05) is 10.6 Å². The van der Waals surface area contributed by atoms with Gasteiger partial charge in [0.2, 0.25) is 0 Å². The Morgan fingerprint density at radius 3 is 2.10 bits per heavy atom. The Labute approximate surface area is 127 Å². The third-order valence-electron chi connectivity index (χ3n) is 4.16. The number of benzene rings is 1. The fourth-order valence-electron chi connectivity index (χ4n) is 3.04. The molecular weight excluding hydrogens is 292 g/mol. The third-order valence-corrected chi connectivity index (χ3v) is 4.41. The summed E-state index contributed by atoms with van der Waals surface area (Å²) in [6.45, 7) is 0. The summed E-state index contributed by atoms with van der Waals surface area (Å²) in [6, 6.07) is 6.28. The lowest BCUT2D eigenvalue weighted by molar-refractivity contribution is -0.142. The fraction of sp³-hybridized carbons (Fsp3) is 0.400. The molecule has 1 aromatic carbocycles. The number of hydrogen-bond donors (Lipinski definition) is 1. The highest BCUT2D eigenvalue weighted by atomic mass is 35.5. The van der Waals surface area contributed by atoms with E-state index in [2.05, 4.69) is 5.43 Å². The number of imide groups is 1. The van der Waals surface area contributed by atoms with Crippen molar-refractivity contribution in [2.75, 3.05) is 0 Å². The largest absolute Gasteiger partial charge is 0.272 e. The first kappa shape index (κ1) is 14.1. The van der Waals surface area contributed by atoms with Crippen molar-refractivity contribution >= 4 is 29.3 Å². The number of carbonyl (C=O) groups is 3. The van der Waals surface area contributed by atoms with Crippen LogP contribution in [0, 0.1) is 11.8 Å². The number of nitrogens with one attached hydrogen (secondary N) is 1. The molecule has 5 nitrogen and oxygen atoms in total. The maximum Gasteiger partial charge on any atom is 0.270 e. The van der Waals surface area contributed by atoms with Gasteiger partial charge in [-0.1, -0.05) is 24.4 Å². The van der Waals surface area contributed by atoms with E-state index in [-0.39, 0.29) is 23.7 Å². The summed E-state index contributed by atoms with van der Waals surface area (Å²) in [5.74, 6) is -1.58. The van der Waals surface area contributed by atoms with E-state index < -0.39 is 5.91 Å². The highest BCUT2D eigenvalue weighted by Crippen LogP contribution is 2.37. The molecule has 0 bridgehead atoms. The van der Waals surface area contributed by atoms with Gasteiger partial charge in [0.15, 0.2) is 0 Å². The number of amides is 3. The van der Waals surface area contributed by atoms with Crippen LogP contribution in [0.25, 0.3) is 0 Å². The molecule has 1 aliphatic heterocycles. The van der Waals surface area contributed by atoms with Gasteiger partial charge in [-0.05, 0) is 37.1 Å². The predicted octanol–water partition coefficient (Wildman–Crippen LogP) is 2.16. The van der Waals surface area contributed by atoms with Crippen LogP contribution in [0.15, 0.2) is 24.3 Å². The minimum atomic E-state index is -0.480. The van der Waals surface area contributed by atoms with Crippen molar-refractivity contribution in [1.29, 1.82) is 0 Å². The zero-order valence-electron chi connectivity index (χ0n) is 11.3. The van der Waals surface area contributed by atoms with Crippen LogP contribution in [-0.2, 0) is 9.59 Å². The molecular formula is C15H15ClN2O3. The molecule has 1 saturated heterocycles.